The third-order valence-electron chi connectivity index (χ3n) is 3.13. The molecule has 1 aliphatic rings. The number of rotatable bonds is 4. The van der Waals surface area contributed by atoms with Crippen molar-refractivity contribution in [2.45, 2.75) is 20.3 Å². The minimum atomic E-state index is -0.884. The van der Waals surface area contributed by atoms with E-state index in [0.717, 1.165) is 0 Å². The van der Waals surface area contributed by atoms with Crippen molar-refractivity contribution < 1.29 is 24.5 Å². The summed E-state index contributed by atoms with van der Waals surface area (Å²) in [5.74, 6) is -2.05. The van der Waals surface area contributed by atoms with Crippen LogP contribution in [0.5, 0.6) is 0 Å². The first kappa shape index (κ1) is 15.4. The van der Waals surface area contributed by atoms with Crippen molar-refractivity contribution in [1.29, 1.82) is 0 Å². The molecular weight excluding hydrogens is 250 g/mol. The van der Waals surface area contributed by atoms with E-state index in [1.54, 1.807) is 13.8 Å². The van der Waals surface area contributed by atoms with Gasteiger partial charge in [-0.15, -0.1) is 0 Å². The molecule has 0 fully saturated rings. The van der Waals surface area contributed by atoms with Gasteiger partial charge in [0.15, 0.2) is 5.78 Å². The van der Waals surface area contributed by atoms with E-state index in [1.165, 1.54) is 13.3 Å². The number of Topliss-reactive ketones (excluding diaryl/α,β-unsaturated/α-hetero) is 1. The van der Waals surface area contributed by atoms with Crippen LogP contribution in [0.3, 0.4) is 0 Å². The number of hydrogen-bond donors (Lipinski definition) is 2. The fourth-order valence-corrected chi connectivity index (χ4v) is 2.18. The lowest BCUT2D eigenvalue weighted by Gasteiger charge is -2.35. The zero-order valence-electron chi connectivity index (χ0n) is 11.3. The Balaban J connectivity index is 3.19. The van der Waals surface area contributed by atoms with Crippen LogP contribution in [0.1, 0.15) is 20.3 Å². The Hall–Kier alpha value is -1.69. The molecule has 1 atom stereocenters. The summed E-state index contributed by atoms with van der Waals surface area (Å²) in [5, 5.41) is 18.8. The molecular formula is C13H19NO5. The van der Waals surface area contributed by atoms with Gasteiger partial charge in [0.25, 0.3) is 0 Å². The van der Waals surface area contributed by atoms with E-state index in [2.05, 4.69) is 9.73 Å². The fraction of sp³-hybridized carbons (Fsp3) is 0.615. The van der Waals surface area contributed by atoms with Gasteiger partial charge in [0.2, 0.25) is 0 Å². The van der Waals surface area contributed by atoms with Gasteiger partial charge in [-0.1, -0.05) is 13.8 Å². The van der Waals surface area contributed by atoms with Crippen LogP contribution in [0.25, 0.3) is 0 Å². The Morgan fingerprint density at radius 2 is 2.21 bits per heavy atom. The zero-order valence-corrected chi connectivity index (χ0v) is 11.3. The molecule has 0 aromatic carbocycles. The van der Waals surface area contributed by atoms with E-state index in [9.17, 15) is 14.7 Å². The number of aliphatic hydroxyl groups is 2. The molecule has 0 aliphatic heterocycles. The fourth-order valence-electron chi connectivity index (χ4n) is 2.18. The SMILES string of the molecule is COC(=O)[C@@H]1C(O)=C(C=NCCO)C(=O)CC1(C)C. The zero-order chi connectivity index (χ0) is 14.6. The van der Waals surface area contributed by atoms with E-state index in [-0.39, 0.29) is 36.7 Å². The van der Waals surface area contributed by atoms with Crippen molar-refractivity contribution in [3.63, 3.8) is 0 Å². The number of aliphatic imine (C=N–C) groups is 1. The van der Waals surface area contributed by atoms with Crippen LogP contribution in [0, 0.1) is 11.3 Å². The molecule has 19 heavy (non-hydrogen) atoms. The Morgan fingerprint density at radius 3 is 2.74 bits per heavy atom. The first-order valence-corrected chi connectivity index (χ1v) is 6.00. The summed E-state index contributed by atoms with van der Waals surface area (Å²) in [4.78, 5) is 27.5. The Bertz CT molecular complexity index is 436. The maximum atomic E-state index is 11.9. The summed E-state index contributed by atoms with van der Waals surface area (Å²) < 4.78 is 4.68. The lowest BCUT2D eigenvalue weighted by molar-refractivity contribution is -0.150. The van der Waals surface area contributed by atoms with Crippen LogP contribution < -0.4 is 0 Å². The third kappa shape index (κ3) is 3.20. The number of allylic oxidation sites excluding steroid dienone is 1. The molecule has 0 bridgehead atoms. The summed E-state index contributed by atoms with van der Waals surface area (Å²) >= 11 is 0. The number of ether oxygens (including phenoxy) is 1. The standard InChI is InChI=1S/C13H19NO5/c1-13(2)6-9(16)8(7-14-4-5-15)11(17)10(13)12(18)19-3/h7,10,15,17H,4-6H2,1-3H3/t10-/m0/s1. The number of carbonyl (C=O) groups excluding carboxylic acids is 2. The summed E-state index contributed by atoms with van der Waals surface area (Å²) in [6, 6.07) is 0. The molecule has 0 heterocycles. The first-order chi connectivity index (χ1) is 8.85. The molecule has 6 nitrogen and oxygen atoms in total. The molecule has 0 spiro atoms. The minimum absolute atomic E-state index is 0.0168. The van der Waals surface area contributed by atoms with Crippen molar-refractivity contribution in [2.75, 3.05) is 20.3 Å². The maximum Gasteiger partial charge on any atom is 0.316 e. The highest BCUT2D eigenvalue weighted by Crippen LogP contribution is 2.41. The number of hydrogen-bond acceptors (Lipinski definition) is 6. The summed E-state index contributed by atoms with van der Waals surface area (Å²) in [7, 11) is 1.24. The van der Waals surface area contributed by atoms with Crippen LogP contribution in [0.2, 0.25) is 0 Å². The molecule has 6 heteroatoms. The summed E-state index contributed by atoms with van der Waals surface area (Å²) in [6.07, 6.45) is 1.33. The summed E-state index contributed by atoms with van der Waals surface area (Å²) in [5.41, 5.74) is -0.689. The molecule has 106 valence electrons. The average molecular weight is 269 g/mol. The summed E-state index contributed by atoms with van der Waals surface area (Å²) in [6.45, 7) is 3.44. The van der Waals surface area contributed by atoms with E-state index in [4.69, 9.17) is 5.11 Å². The predicted octanol–water partition coefficient (Wildman–Crippen LogP) is 0.650. The van der Waals surface area contributed by atoms with Gasteiger partial charge in [0.1, 0.15) is 11.7 Å². The van der Waals surface area contributed by atoms with Gasteiger partial charge in [-0.25, -0.2) is 0 Å². The van der Waals surface area contributed by atoms with Crippen LogP contribution in [-0.2, 0) is 14.3 Å². The maximum absolute atomic E-state index is 11.9. The van der Waals surface area contributed by atoms with Crippen molar-refractivity contribution in [1.82, 2.24) is 0 Å². The highest BCUT2D eigenvalue weighted by atomic mass is 16.5. The molecule has 2 N–H and O–H groups in total. The van der Waals surface area contributed by atoms with E-state index in [0.29, 0.717) is 0 Å². The smallest absolute Gasteiger partial charge is 0.316 e. The second-order valence-corrected chi connectivity index (χ2v) is 5.10. The van der Waals surface area contributed by atoms with Gasteiger partial charge in [0, 0.05) is 12.6 Å². The van der Waals surface area contributed by atoms with Crippen molar-refractivity contribution in [3.05, 3.63) is 11.3 Å². The van der Waals surface area contributed by atoms with Gasteiger partial charge < -0.3 is 14.9 Å². The Morgan fingerprint density at radius 1 is 1.58 bits per heavy atom. The number of nitrogens with zero attached hydrogens (tertiary/aromatic N) is 1. The average Bonchev–Trinajstić information content (AvgIpc) is 2.31. The van der Waals surface area contributed by atoms with Gasteiger partial charge in [0.05, 0.1) is 25.8 Å². The topological polar surface area (TPSA) is 96.2 Å². The first-order valence-electron chi connectivity index (χ1n) is 6.00. The Kier molecular flexibility index (Phi) is 4.83. The van der Waals surface area contributed by atoms with E-state index >= 15 is 0 Å². The second kappa shape index (κ2) is 5.97. The van der Waals surface area contributed by atoms with Crippen LogP contribution in [0.15, 0.2) is 16.3 Å². The highest BCUT2D eigenvalue weighted by Gasteiger charge is 2.46. The molecule has 0 saturated heterocycles. The molecule has 1 rings (SSSR count). The predicted molar refractivity (Wildman–Crippen MR) is 69.0 cm³/mol. The number of methoxy groups -OCH3 is 1. The Labute approximate surface area is 111 Å². The molecule has 0 saturated carbocycles. The van der Waals surface area contributed by atoms with Gasteiger partial charge in [-0.3, -0.25) is 14.6 Å². The number of esters is 1. The van der Waals surface area contributed by atoms with Crippen molar-refractivity contribution in [2.24, 2.45) is 16.3 Å². The number of carbonyl (C=O) groups is 2. The van der Waals surface area contributed by atoms with Gasteiger partial charge in [-0.2, -0.15) is 0 Å². The number of ketones is 1. The molecule has 0 aromatic rings. The normalized spacial score (nSPS) is 22.9. The molecule has 0 radical (unpaired) electrons. The van der Waals surface area contributed by atoms with Gasteiger partial charge >= 0.3 is 5.97 Å². The quantitative estimate of drug-likeness (QED) is 0.577. The second-order valence-electron chi connectivity index (χ2n) is 5.10. The van der Waals surface area contributed by atoms with E-state index < -0.39 is 17.3 Å². The lowest BCUT2D eigenvalue weighted by Crippen LogP contribution is -2.40. The highest BCUT2D eigenvalue weighted by molar-refractivity contribution is 6.15. The minimum Gasteiger partial charge on any atom is -0.511 e. The number of aliphatic hydroxyl groups excluding tert-OH is 2. The monoisotopic (exact) mass is 269 g/mol. The third-order valence-corrected chi connectivity index (χ3v) is 3.13. The largest absolute Gasteiger partial charge is 0.511 e. The molecule has 0 amide bonds. The lowest BCUT2D eigenvalue weighted by atomic mass is 9.68. The van der Waals surface area contributed by atoms with Crippen LogP contribution in [-0.4, -0.2) is 48.4 Å². The van der Waals surface area contributed by atoms with Crippen molar-refractivity contribution >= 4 is 18.0 Å². The molecule has 1 aliphatic carbocycles. The van der Waals surface area contributed by atoms with Crippen molar-refractivity contribution in [3.8, 4) is 0 Å². The van der Waals surface area contributed by atoms with Gasteiger partial charge in [-0.05, 0) is 5.41 Å². The van der Waals surface area contributed by atoms with Crippen LogP contribution >= 0.6 is 0 Å². The molecule has 0 unspecified atom stereocenters. The molecule has 0 aromatic heterocycles. The van der Waals surface area contributed by atoms with Crippen LogP contribution in [0.4, 0.5) is 0 Å². The van der Waals surface area contributed by atoms with E-state index in [1.807, 2.05) is 0 Å².